The first-order valence-corrected chi connectivity index (χ1v) is 8.65. The number of aryl methyl sites for hydroxylation is 1. The van der Waals surface area contributed by atoms with Crippen molar-refractivity contribution in [2.75, 3.05) is 13.7 Å². The second-order valence-electron chi connectivity index (χ2n) is 6.72. The van der Waals surface area contributed by atoms with Crippen LogP contribution in [0.15, 0.2) is 42.5 Å². The number of rotatable bonds is 3. The largest absolute Gasteiger partial charge is 0.497 e. The van der Waals surface area contributed by atoms with Gasteiger partial charge in [-0.2, -0.15) is 0 Å². The highest BCUT2D eigenvalue weighted by Gasteiger charge is 2.24. The highest BCUT2D eigenvalue weighted by atomic mass is 16.5. The molecule has 0 atom stereocenters. The van der Waals surface area contributed by atoms with Gasteiger partial charge in [0.1, 0.15) is 5.75 Å². The minimum Gasteiger partial charge on any atom is -0.497 e. The highest BCUT2D eigenvalue weighted by molar-refractivity contribution is 5.87. The summed E-state index contributed by atoms with van der Waals surface area (Å²) in [5.41, 5.74) is 5.86. The Bertz CT molecular complexity index is 925. The molecule has 0 unspecified atom stereocenters. The molecule has 0 saturated heterocycles. The number of ether oxygens (including phenoxy) is 1. The third kappa shape index (κ3) is 3.00. The van der Waals surface area contributed by atoms with Gasteiger partial charge in [0, 0.05) is 23.1 Å². The van der Waals surface area contributed by atoms with Gasteiger partial charge in [-0.05, 0) is 42.7 Å². The summed E-state index contributed by atoms with van der Waals surface area (Å²) in [4.78, 5) is 18.1. The van der Waals surface area contributed by atoms with Crippen molar-refractivity contribution in [3.05, 3.63) is 64.8 Å². The number of nitrogens with zero attached hydrogens (tertiary/aromatic N) is 1. The molecule has 128 valence electrons. The monoisotopic (exact) mass is 334 g/mol. The van der Waals surface area contributed by atoms with E-state index in [1.807, 2.05) is 29.2 Å². The molecule has 1 aliphatic heterocycles. The molecule has 2 heterocycles. The number of amides is 1. The molecule has 0 bridgehead atoms. The highest BCUT2D eigenvalue weighted by Crippen LogP contribution is 2.30. The average molecular weight is 334 g/mol. The van der Waals surface area contributed by atoms with E-state index in [2.05, 4.69) is 30.1 Å². The van der Waals surface area contributed by atoms with Crippen LogP contribution >= 0.6 is 0 Å². The van der Waals surface area contributed by atoms with Gasteiger partial charge in [-0.15, -0.1) is 0 Å². The SMILES string of the molecule is COc1ccc2[nH]c3c(c2c1)CCN(C(=O)Cc1ccc(C)cc1)C3. The van der Waals surface area contributed by atoms with E-state index in [-0.39, 0.29) is 5.91 Å². The van der Waals surface area contributed by atoms with Crippen molar-refractivity contribution in [1.82, 2.24) is 9.88 Å². The van der Waals surface area contributed by atoms with Crippen molar-refractivity contribution in [2.24, 2.45) is 0 Å². The van der Waals surface area contributed by atoms with E-state index in [1.165, 1.54) is 16.5 Å². The van der Waals surface area contributed by atoms with Crippen molar-refractivity contribution >= 4 is 16.8 Å². The fourth-order valence-electron chi connectivity index (χ4n) is 3.55. The zero-order valence-corrected chi connectivity index (χ0v) is 14.6. The van der Waals surface area contributed by atoms with Gasteiger partial charge in [0.15, 0.2) is 0 Å². The molecular formula is C21H22N2O2. The number of hydrogen-bond donors (Lipinski definition) is 1. The van der Waals surface area contributed by atoms with Gasteiger partial charge >= 0.3 is 0 Å². The molecule has 0 aliphatic carbocycles. The summed E-state index contributed by atoms with van der Waals surface area (Å²) in [6.45, 7) is 3.47. The molecule has 1 aromatic heterocycles. The Balaban J connectivity index is 1.54. The number of methoxy groups -OCH3 is 1. The Morgan fingerprint density at radius 1 is 1.20 bits per heavy atom. The number of nitrogens with one attached hydrogen (secondary N) is 1. The Kier molecular flexibility index (Phi) is 3.96. The first-order valence-electron chi connectivity index (χ1n) is 8.65. The molecule has 0 saturated carbocycles. The van der Waals surface area contributed by atoms with Gasteiger partial charge in [-0.1, -0.05) is 29.8 Å². The summed E-state index contributed by atoms with van der Waals surface area (Å²) >= 11 is 0. The van der Waals surface area contributed by atoms with Crippen molar-refractivity contribution in [3.63, 3.8) is 0 Å². The predicted molar refractivity (Wildman–Crippen MR) is 98.9 cm³/mol. The second-order valence-corrected chi connectivity index (χ2v) is 6.72. The van der Waals surface area contributed by atoms with Crippen LogP contribution in [0, 0.1) is 6.92 Å². The van der Waals surface area contributed by atoms with E-state index in [9.17, 15) is 4.79 Å². The quantitative estimate of drug-likeness (QED) is 0.795. The molecule has 4 heteroatoms. The second kappa shape index (κ2) is 6.28. The molecule has 4 rings (SSSR count). The number of carbonyl (C=O) groups is 1. The molecule has 0 radical (unpaired) electrons. The first-order chi connectivity index (χ1) is 12.1. The summed E-state index contributed by atoms with van der Waals surface area (Å²) in [5.74, 6) is 1.05. The average Bonchev–Trinajstić information content (AvgIpc) is 3.00. The van der Waals surface area contributed by atoms with Gasteiger partial charge in [0.05, 0.1) is 20.1 Å². The van der Waals surface area contributed by atoms with Crippen molar-refractivity contribution in [1.29, 1.82) is 0 Å². The molecule has 1 aliphatic rings. The maximum absolute atomic E-state index is 12.7. The predicted octanol–water partition coefficient (Wildman–Crippen LogP) is 3.61. The molecule has 4 nitrogen and oxygen atoms in total. The summed E-state index contributed by atoms with van der Waals surface area (Å²) in [5, 5.41) is 1.21. The van der Waals surface area contributed by atoms with Crippen LogP contribution in [0.1, 0.15) is 22.4 Å². The van der Waals surface area contributed by atoms with Crippen molar-refractivity contribution in [3.8, 4) is 5.75 Å². The standard InChI is InChI=1S/C21H22N2O2/c1-14-3-5-15(6-4-14)11-21(24)23-10-9-17-18-12-16(25-2)7-8-19(18)22-20(17)13-23/h3-8,12,22H,9-11,13H2,1-2H3. The lowest BCUT2D eigenvalue weighted by Crippen LogP contribution is -2.36. The van der Waals surface area contributed by atoms with Crippen LogP contribution in [0.25, 0.3) is 10.9 Å². The van der Waals surface area contributed by atoms with E-state index in [1.54, 1.807) is 7.11 Å². The summed E-state index contributed by atoms with van der Waals surface area (Å²) in [6.07, 6.45) is 1.34. The number of aromatic amines is 1. The fraction of sp³-hybridized carbons (Fsp3) is 0.286. The number of aromatic nitrogens is 1. The van der Waals surface area contributed by atoms with Gasteiger partial charge in [-0.25, -0.2) is 0 Å². The lowest BCUT2D eigenvalue weighted by atomic mass is 10.0. The Morgan fingerprint density at radius 2 is 2.00 bits per heavy atom. The number of carbonyl (C=O) groups excluding carboxylic acids is 1. The number of hydrogen-bond acceptors (Lipinski definition) is 2. The molecule has 25 heavy (non-hydrogen) atoms. The zero-order chi connectivity index (χ0) is 17.4. The van der Waals surface area contributed by atoms with Crippen molar-refractivity contribution in [2.45, 2.75) is 26.3 Å². The summed E-state index contributed by atoms with van der Waals surface area (Å²) in [7, 11) is 1.69. The first kappa shape index (κ1) is 15.8. The Labute approximate surface area is 147 Å². The maximum atomic E-state index is 12.7. The van der Waals surface area contributed by atoms with Gasteiger partial charge in [-0.3, -0.25) is 4.79 Å². The number of fused-ring (bicyclic) bond motifs is 3. The van der Waals surface area contributed by atoms with Crippen LogP contribution in [0.4, 0.5) is 0 Å². The number of benzene rings is 2. The Hall–Kier alpha value is -2.75. The molecule has 1 amide bonds. The lowest BCUT2D eigenvalue weighted by Gasteiger charge is -2.27. The van der Waals surface area contributed by atoms with E-state index in [0.29, 0.717) is 13.0 Å². The van der Waals surface area contributed by atoms with E-state index >= 15 is 0 Å². The number of H-pyrrole nitrogens is 1. The fourth-order valence-corrected chi connectivity index (χ4v) is 3.55. The minimum atomic E-state index is 0.186. The van der Waals surface area contributed by atoms with Crippen LogP contribution in [0.3, 0.4) is 0 Å². The Morgan fingerprint density at radius 3 is 2.76 bits per heavy atom. The molecule has 3 aromatic rings. The van der Waals surface area contributed by atoms with Gasteiger partial charge in [0.2, 0.25) is 5.91 Å². The summed E-state index contributed by atoms with van der Waals surface area (Å²) < 4.78 is 5.34. The summed E-state index contributed by atoms with van der Waals surface area (Å²) in [6, 6.07) is 14.3. The molecule has 0 fully saturated rings. The van der Waals surface area contributed by atoms with Crippen LogP contribution < -0.4 is 4.74 Å². The maximum Gasteiger partial charge on any atom is 0.227 e. The molecular weight excluding hydrogens is 312 g/mol. The van der Waals surface area contributed by atoms with Crippen LogP contribution in [0.2, 0.25) is 0 Å². The molecule has 0 spiro atoms. The minimum absolute atomic E-state index is 0.186. The van der Waals surface area contributed by atoms with E-state index in [4.69, 9.17) is 4.74 Å². The smallest absolute Gasteiger partial charge is 0.227 e. The van der Waals surface area contributed by atoms with Crippen molar-refractivity contribution < 1.29 is 9.53 Å². The van der Waals surface area contributed by atoms with Crippen LogP contribution in [0.5, 0.6) is 5.75 Å². The van der Waals surface area contributed by atoms with Crippen LogP contribution in [-0.4, -0.2) is 29.4 Å². The third-order valence-corrected chi connectivity index (χ3v) is 5.01. The van der Waals surface area contributed by atoms with E-state index < -0.39 is 0 Å². The van der Waals surface area contributed by atoms with Crippen LogP contribution in [-0.2, 0) is 24.2 Å². The normalized spacial score (nSPS) is 13.8. The zero-order valence-electron chi connectivity index (χ0n) is 14.6. The van der Waals surface area contributed by atoms with Gasteiger partial charge < -0.3 is 14.6 Å². The molecule has 1 N–H and O–H groups in total. The van der Waals surface area contributed by atoms with Gasteiger partial charge in [0.25, 0.3) is 0 Å². The third-order valence-electron chi connectivity index (χ3n) is 5.01. The lowest BCUT2D eigenvalue weighted by molar-refractivity contribution is -0.131. The molecule has 2 aromatic carbocycles. The topological polar surface area (TPSA) is 45.3 Å². The van der Waals surface area contributed by atoms with E-state index in [0.717, 1.165) is 35.5 Å².